The van der Waals surface area contributed by atoms with Gasteiger partial charge in [-0.15, -0.1) is 0 Å². The van der Waals surface area contributed by atoms with Crippen molar-refractivity contribution in [2.24, 2.45) is 10.6 Å². The summed E-state index contributed by atoms with van der Waals surface area (Å²) in [6, 6.07) is 3.61. The first kappa shape index (κ1) is 14.7. The van der Waals surface area contributed by atoms with Crippen LogP contribution < -0.4 is 10.5 Å². The number of hydrogen-bond acceptors (Lipinski definition) is 5. The van der Waals surface area contributed by atoms with Crippen molar-refractivity contribution in [3.63, 3.8) is 0 Å². The molecule has 8 heteroatoms. The Hall–Kier alpha value is -1.67. The molecule has 0 heterocycles. The highest BCUT2D eigenvalue weighted by Crippen LogP contribution is 2.48. The summed E-state index contributed by atoms with van der Waals surface area (Å²) in [4.78, 5) is 9.96. The van der Waals surface area contributed by atoms with Gasteiger partial charge >= 0.3 is 0 Å². The minimum absolute atomic E-state index is 0.242. The van der Waals surface area contributed by atoms with Gasteiger partial charge in [-0.3, -0.25) is 10.1 Å². The molecule has 0 radical (unpaired) electrons. The Kier molecular flexibility index (Phi) is 3.70. The minimum Gasteiger partial charge on any atom is -0.384 e. The van der Waals surface area contributed by atoms with Crippen LogP contribution in [0.4, 0.5) is 11.4 Å². The zero-order chi connectivity index (χ0) is 15.0. The average Bonchev–Trinajstić information content (AvgIpc) is 3.15. The van der Waals surface area contributed by atoms with E-state index in [9.17, 15) is 18.5 Å². The molecule has 0 spiro atoms. The Balaban J connectivity index is 2.28. The molecule has 0 aliphatic heterocycles. The van der Waals surface area contributed by atoms with E-state index in [-0.39, 0.29) is 16.0 Å². The van der Waals surface area contributed by atoms with Crippen molar-refractivity contribution in [1.29, 1.82) is 0 Å². The predicted molar refractivity (Wildman–Crippen MR) is 74.9 cm³/mol. The fourth-order valence-electron chi connectivity index (χ4n) is 2.08. The second-order valence-corrected chi connectivity index (χ2v) is 6.79. The number of rotatable bonds is 6. The SMILES string of the molecule is CCC1(CNc2cc([N+](=O)[O-])cc(S(N)(=O)=O)c2)CC1. The van der Waals surface area contributed by atoms with E-state index < -0.39 is 14.9 Å². The van der Waals surface area contributed by atoms with Gasteiger partial charge in [0.15, 0.2) is 0 Å². The van der Waals surface area contributed by atoms with Crippen LogP contribution in [-0.4, -0.2) is 19.9 Å². The molecule has 0 amide bonds. The van der Waals surface area contributed by atoms with Crippen LogP contribution in [0.2, 0.25) is 0 Å². The van der Waals surface area contributed by atoms with Crippen molar-refractivity contribution < 1.29 is 13.3 Å². The fourth-order valence-corrected chi connectivity index (χ4v) is 2.65. The van der Waals surface area contributed by atoms with E-state index in [0.29, 0.717) is 12.2 Å². The van der Waals surface area contributed by atoms with Gasteiger partial charge in [0.25, 0.3) is 5.69 Å². The number of sulfonamides is 1. The number of anilines is 1. The molecule has 1 aliphatic rings. The minimum atomic E-state index is -3.97. The molecular formula is C12H17N3O4S. The van der Waals surface area contributed by atoms with Crippen molar-refractivity contribution in [2.75, 3.05) is 11.9 Å². The van der Waals surface area contributed by atoms with Gasteiger partial charge in [0, 0.05) is 24.4 Å². The van der Waals surface area contributed by atoms with Crippen molar-refractivity contribution in [3.05, 3.63) is 28.3 Å². The van der Waals surface area contributed by atoms with Gasteiger partial charge in [-0.1, -0.05) is 6.92 Å². The maximum absolute atomic E-state index is 11.4. The van der Waals surface area contributed by atoms with E-state index in [1.54, 1.807) is 0 Å². The Bertz CT molecular complexity index is 638. The van der Waals surface area contributed by atoms with Crippen LogP contribution in [0.1, 0.15) is 26.2 Å². The molecule has 7 nitrogen and oxygen atoms in total. The Morgan fingerprint density at radius 1 is 1.40 bits per heavy atom. The normalized spacial score (nSPS) is 16.7. The first-order chi connectivity index (χ1) is 9.26. The van der Waals surface area contributed by atoms with Crippen LogP contribution in [0.25, 0.3) is 0 Å². The highest BCUT2D eigenvalue weighted by Gasteiger charge is 2.40. The van der Waals surface area contributed by atoms with Crippen molar-refractivity contribution >= 4 is 21.4 Å². The molecule has 0 bridgehead atoms. The van der Waals surface area contributed by atoms with E-state index in [1.807, 2.05) is 0 Å². The van der Waals surface area contributed by atoms with Crippen LogP contribution in [0, 0.1) is 15.5 Å². The summed E-state index contributed by atoms with van der Waals surface area (Å²) in [5.41, 5.74) is 0.357. The molecular weight excluding hydrogens is 282 g/mol. The molecule has 3 N–H and O–H groups in total. The predicted octanol–water partition coefficient (Wildman–Crippen LogP) is 1.84. The summed E-state index contributed by atoms with van der Waals surface area (Å²) in [7, 11) is -3.97. The quantitative estimate of drug-likeness (QED) is 0.614. The zero-order valence-electron chi connectivity index (χ0n) is 11.1. The number of primary sulfonamides is 1. The summed E-state index contributed by atoms with van der Waals surface area (Å²) in [6.45, 7) is 2.77. The van der Waals surface area contributed by atoms with Crippen LogP contribution >= 0.6 is 0 Å². The first-order valence-electron chi connectivity index (χ1n) is 6.32. The van der Waals surface area contributed by atoms with Crippen molar-refractivity contribution in [3.8, 4) is 0 Å². The van der Waals surface area contributed by atoms with Crippen molar-refractivity contribution in [2.45, 2.75) is 31.1 Å². The molecule has 1 fully saturated rings. The lowest BCUT2D eigenvalue weighted by atomic mass is 10.0. The van der Waals surface area contributed by atoms with Gasteiger partial charge in [0.1, 0.15) is 0 Å². The van der Waals surface area contributed by atoms with E-state index in [4.69, 9.17) is 5.14 Å². The van der Waals surface area contributed by atoms with Crippen LogP contribution in [0.3, 0.4) is 0 Å². The second-order valence-electron chi connectivity index (χ2n) is 5.22. The number of hydrogen-bond donors (Lipinski definition) is 2. The number of nitro groups is 1. The monoisotopic (exact) mass is 299 g/mol. The molecule has 0 unspecified atom stereocenters. The lowest BCUT2D eigenvalue weighted by molar-refractivity contribution is -0.385. The number of benzene rings is 1. The molecule has 2 rings (SSSR count). The standard InChI is InChI=1S/C12H17N3O4S/c1-2-12(3-4-12)8-14-9-5-10(15(16)17)7-11(6-9)20(13,18)19/h5-7,14H,2-4,8H2,1H3,(H2,13,18,19). The highest BCUT2D eigenvalue weighted by molar-refractivity contribution is 7.89. The smallest absolute Gasteiger partial charge is 0.272 e. The molecule has 20 heavy (non-hydrogen) atoms. The van der Waals surface area contributed by atoms with Gasteiger partial charge in [0.05, 0.1) is 9.82 Å². The van der Waals surface area contributed by atoms with E-state index in [1.165, 1.54) is 12.1 Å². The molecule has 1 aromatic rings. The number of nitrogens with two attached hydrogens (primary N) is 1. The summed E-state index contributed by atoms with van der Waals surface area (Å²) >= 11 is 0. The van der Waals surface area contributed by atoms with Gasteiger partial charge in [-0.25, -0.2) is 13.6 Å². The van der Waals surface area contributed by atoms with Gasteiger partial charge in [0.2, 0.25) is 10.0 Å². The molecule has 1 saturated carbocycles. The van der Waals surface area contributed by atoms with Gasteiger partial charge < -0.3 is 5.32 Å². The molecule has 0 saturated heterocycles. The summed E-state index contributed by atoms with van der Waals surface area (Å²) < 4.78 is 22.7. The third-order valence-electron chi connectivity index (χ3n) is 3.81. The zero-order valence-corrected chi connectivity index (χ0v) is 11.9. The maximum atomic E-state index is 11.4. The first-order valence-corrected chi connectivity index (χ1v) is 7.87. The van der Waals surface area contributed by atoms with Crippen LogP contribution in [0.5, 0.6) is 0 Å². The summed E-state index contributed by atoms with van der Waals surface area (Å²) in [5.74, 6) is 0. The summed E-state index contributed by atoms with van der Waals surface area (Å²) in [5, 5.41) is 19.0. The highest BCUT2D eigenvalue weighted by atomic mass is 32.2. The Morgan fingerprint density at radius 3 is 2.50 bits per heavy atom. The second kappa shape index (κ2) is 5.02. The van der Waals surface area contributed by atoms with Gasteiger partial charge in [-0.05, 0) is 30.7 Å². The van der Waals surface area contributed by atoms with Crippen molar-refractivity contribution in [1.82, 2.24) is 0 Å². The third-order valence-corrected chi connectivity index (χ3v) is 4.70. The maximum Gasteiger partial charge on any atom is 0.272 e. The van der Waals surface area contributed by atoms with E-state index in [0.717, 1.165) is 25.3 Å². The van der Waals surface area contributed by atoms with E-state index in [2.05, 4.69) is 12.2 Å². The van der Waals surface area contributed by atoms with Gasteiger partial charge in [-0.2, -0.15) is 0 Å². The molecule has 0 atom stereocenters. The number of non-ortho nitro benzene ring substituents is 1. The van der Waals surface area contributed by atoms with Crippen LogP contribution in [-0.2, 0) is 10.0 Å². The molecule has 110 valence electrons. The lowest BCUT2D eigenvalue weighted by Crippen LogP contribution is -2.16. The average molecular weight is 299 g/mol. The lowest BCUT2D eigenvalue weighted by Gasteiger charge is -2.14. The molecule has 1 aliphatic carbocycles. The molecule has 0 aromatic heterocycles. The third kappa shape index (κ3) is 3.26. The number of nitrogens with zero attached hydrogens (tertiary/aromatic N) is 1. The Morgan fingerprint density at radius 2 is 2.05 bits per heavy atom. The fraction of sp³-hybridized carbons (Fsp3) is 0.500. The topological polar surface area (TPSA) is 115 Å². The number of nitrogens with one attached hydrogen (secondary N) is 1. The largest absolute Gasteiger partial charge is 0.384 e. The van der Waals surface area contributed by atoms with E-state index >= 15 is 0 Å². The Labute approximate surface area is 117 Å². The summed E-state index contributed by atoms with van der Waals surface area (Å²) in [6.07, 6.45) is 3.26. The molecule has 1 aromatic carbocycles. The number of nitro benzene ring substituents is 1. The van der Waals surface area contributed by atoms with Crippen LogP contribution in [0.15, 0.2) is 23.1 Å².